The SMILES string of the molecule is CC(C)NCC/C=C/c1cccc(Br)c1F. The summed E-state index contributed by atoms with van der Waals surface area (Å²) in [5.74, 6) is -0.199. The van der Waals surface area contributed by atoms with Crippen molar-refractivity contribution in [1.82, 2.24) is 5.32 Å². The number of halogens is 2. The summed E-state index contributed by atoms with van der Waals surface area (Å²) in [6, 6.07) is 5.80. The van der Waals surface area contributed by atoms with Gasteiger partial charge in [-0.25, -0.2) is 4.39 Å². The van der Waals surface area contributed by atoms with Crippen LogP contribution in [-0.4, -0.2) is 12.6 Å². The number of rotatable bonds is 5. The fraction of sp³-hybridized carbons (Fsp3) is 0.385. The lowest BCUT2D eigenvalue weighted by atomic mass is 10.2. The Hall–Kier alpha value is -0.670. The first-order chi connectivity index (χ1) is 7.61. The molecule has 0 aliphatic rings. The van der Waals surface area contributed by atoms with E-state index >= 15 is 0 Å². The van der Waals surface area contributed by atoms with Crippen LogP contribution in [0.15, 0.2) is 28.7 Å². The van der Waals surface area contributed by atoms with Gasteiger partial charge in [0.25, 0.3) is 0 Å². The van der Waals surface area contributed by atoms with Gasteiger partial charge in [-0.2, -0.15) is 0 Å². The van der Waals surface area contributed by atoms with Gasteiger partial charge in [-0.15, -0.1) is 0 Å². The van der Waals surface area contributed by atoms with Crippen LogP contribution in [0.4, 0.5) is 4.39 Å². The van der Waals surface area contributed by atoms with Crippen LogP contribution in [0.2, 0.25) is 0 Å². The molecule has 1 aromatic rings. The molecule has 1 N–H and O–H groups in total. The third kappa shape index (κ3) is 4.45. The lowest BCUT2D eigenvalue weighted by Crippen LogP contribution is -2.23. The van der Waals surface area contributed by atoms with Crippen LogP contribution in [0, 0.1) is 5.82 Å². The van der Waals surface area contributed by atoms with E-state index < -0.39 is 0 Å². The van der Waals surface area contributed by atoms with Crippen molar-refractivity contribution in [3.63, 3.8) is 0 Å². The van der Waals surface area contributed by atoms with E-state index in [0.29, 0.717) is 16.1 Å². The van der Waals surface area contributed by atoms with E-state index in [9.17, 15) is 4.39 Å². The van der Waals surface area contributed by atoms with Crippen molar-refractivity contribution < 1.29 is 4.39 Å². The van der Waals surface area contributed by atoms with E-state index in [1.54, 1.807) is 12.1 Å². The highest BCUT2D eigenvalue weighted by atomic mass is 79.9. The number of benzene rings is 1. The molecular weight excluding hydrogens is 269 g/mol. The number of hydrogen-bond donors (Lipinski definition) is 1. The summed E-state index contributed by atoms with van der Waals surface area (Å²) >= 11 is 3.17. The third-order valence-electron chi connectivity index (χ3n) is 2.14. The Bertz CT molecular complexity index is 361. The lowest BCUT2D eigenvalue weighted by molar-refractivity contribution is 0.595. The number of nitrogens with one attached hydrogen (secondary N) is 1. The second-order valence-electron chi connectivity index (χ2n) is 3.94. The van der Waals surface area contributed by atoms with E-state index in [0.717, 1.165) is 13.0 Å². The maximum Gasteiger partial charge on any atom is 0.144 e. The summed E-state index contributed by atoms with van der Waals surface area (Å²) in [6.45, 7) is 5.14. The second kappa shape index (κ2) is 6.81. The monoisotopic (exact) mass is 285 g/mol. The fourth-order valence-corrected chi connectivity index (χ4v) is 1.70. The smallest absolute Gasteiger partial charge is 0.144 e. The van der Waals surface area contributed by atoms with Gasteiger partial charge < -0.3 is 5.32 Å². The molecule has 0 heterocycles. The Morgan fingerprint density at radius 3 is 2.88 bits per heavy atom. The Labute approximate surface area is 105 Å². The van der Waals surface area contributed by atoms with E-state index in [1.165, 1.54) is 0 Å². The Morgan fingerprint density at radius 2 is 2.19 bits per heavy atom. The summed E-state index contributed by atoms with van der Waals surface area (Å²) in [4.78, 5) is 0. The zero-order valence-corrected chi connectivity index (χ0v) is 11.2. The van der Waals surface area contributed by atoms with Gasteiger partial charge in [-0.3, -0.25) is 0 Å². The van der Waals surface area contributed by atoms with Crippen molar-refractivity contribution >= 4 is 22.0 Å². The van der Waals surface area contributed by atoms with Gasteiger partial charge in [0.15, 0.2) is 0 Å². The Kier molecular flexibility index (Phi) is 5.71. The minimum atomic E-state index is -0.199. The molecule has 0 saturated heterocycles. The Morgan fingerprint density at radius 1 is 1.44 bits per heavy atom. The van der Waals surface area contributed by atoms with Crippen LogP contribution in [0.3, 0.4) is 0 Å². The first kappa shape index (κ1) is 13.4. The predicted molar refractivity (Wildman–Crippen MR) is 70.9 cm³/mol. The summed E-state index contributed by atoms with van der Waals surface area (Å²) in [6.07, 6.45) is 4.71. The van der Waals surface area contributed by atoms with Crippen molar-refractivity contribution in [3.05, 3.63) is 40.1 Å². The summed E-state index contributed by atoms with van der Waals surface area (Å²) < 4.78 is 14.0. The molecule has 0 spiro atoms. The highest BCUT2D eigenvalue weighted by Crippen LogP contribution is 2.19. The molecule has 3 heteroatoms. The summed E-state index contributed by atoms with van der Waals surface area (Å²) in [7, 11) is 0. The van der Waals surface area contributed by atoms with Crippen molar-refractivity contribution in [3.8, 4) is 0 Å². The van der Waals surface area contributed by atoms with E-state index in [-0.39, 0.29) is 5.82 Å². The summed E-state index contributed by atoms with van der Waals surface area (Å²) in [5.41, 5.74) is 0.624. The van der Waals surface area contributed by atoms with Crippen LogP contribution in [0.5, 0.6) is 0 Å². The standard InChI is InChI=1S/C13H17BrFN/c1-10(2)16-9-4-3-6-11-7-5-8-12(14)13(11)15/h3,5-8,10,16H,4,9H2,1-2H3/b6-3+. The second-order valence-corrected chi connectivity index (χ2v) is 4.80. The summed E-state index contributed by atoms with van der Waals surface area (Å²) in [5, 5.41) is 3.30. The zero-order chi connectivity index (χ0) is 12.0. The van der Waals surface area contributed by atoms with Crippen molar-refractivity contribution in [2.75, 3.05) is 6.54 Å². The van der Waals surface area contributed by atoms with Gasteiger partial charge in [0.1, 0.15) is 5.82 Å². The number of hydrogen-bond acceptors (Lipinski definition) is 1. The van der Waals surface area contributed by atoms with Crippen molar-refractivity contribution in [2.45, 2.75) is 26.3 Å². The fourth-order valence-electron chi connectivity index (χ4n) is 1.31. The zero-order valence-electron chi connectivity index (χ0n) is 9.63. The first-order valence-corrected chi connectivity index (χ1v) is 6.24. The molecule has 0 atom stereocenters. The molecule has 0 aliphatic carbocycles. The highest BCUT2D eigenvalue weighted by Gasteiger charge is 2.01. The average molecular weight is 286 g/mol. The van der Waals surface area contributed by atoms with E-state index in [1.807, 2.05) is 18.2 Å². The predicted octanol–water partition coefficient (Wildman–Crippen LogP) is 3.99. The van der Waals surface area contributed by atoms with Crippen LogP contribution in [-0.2, 0) is 0 Å². The molecule has 0 bridgehead atoms. The topological polar surface area (TPSA) is 12.0 Å². The largest absolute Gasteiger partial charge is 0.314 e. The molecule has 88 valence electrons. The van der Waals surface area contributed by atoms with E-state index in [2.05, 4.69) is 35.1 Å². The lowest BCUT2D eigenvalue weighted by Gasteiger charge is -2.05. The molecule has 0 radical (unpaired) electrons. The van der Waals surface area contributed by atoms with Gasteiger partial charge in [-0.05, 0) is 35.0 Å². The van der Waals surface area contributed by atoms with E-state index in [4.69, 9.17) is 0 Å². The van der Waals surface area contributed by atoms with Gasteiger partial charge in [-0.1, -0.05) is 38.1 Å². The molecule has 1 nitrogen and oxygen atoms in total. The van der Waals surface area contributed by atoms with Gasteiger partial charge >= 0.3 is 0 Å². The maximum absolute atomic E-state index is 13.5. The molecule has 1 aromatic carbocycles. The molecule has 0 amide bonds. The molecule has 0 aliphatic heterocycles. The average Bonchev–Trinajstić information content (AvgIpc) is 2.23. The Balaban J connectivity index is 2.47. The normalized spacial score (nSPS) is 11.6. The van der Waals surface area contributed by atoms with Gasteiger partial charge in [0, 0.05) is 11.6 Å². The maximum atomic E-state index is 13.5. The minimum Gasteiger partial charge on any atom is -0.314 e. The van der Waals surface area contributed by atoms with Crippen molar-refractivity contribution in [2.24, 2.45) is 0 Å². The van der Waals surface area contributed by atoms with Crippen LogP contribution in [0.1, 0.15) is 25.8 Å². The molecule has 0 saturated carbocycles. The molecular formula is C13H17BrFN. The van der Waals surface area contributed by atoms with Crippen molar-refractivity contribution in [1.29, 1.82) is 0 Å². The van der Waals surface area contributed by atoms with Crippen LogP contribution >= 0.6 is 15.9 Å². The minimum absolute atomic E-state index is 0.199. The molecule has 0 aromatic heterocycles. The molecule has 0 unspecified atom stereocenters. The molecule has 1 rings (SSSR count). The van der Waals surface area contributed by atoms with Crippen LogP contribution < -0.4 is 5.32 Å². The van der Waals surface area contributed by atoms with Gasteiger partial charge in [0.05, 0.1) is 4.47 Å². The molecule has 16 heavy (non-hydrogen) atoms. The third-order valence-corrected chi connectivity index (χ3v) is 2.75. The van der Waals surface area contributed by atoms with Crippen LogP contribution in [0.25, 0.3) is 6.08 Å². The van der Waals surface area contributed by atoms with Gasteiger partial charge in [0.2, 0.25) is 0 Å². The molecule has 0 fully saturated rings. The quantitative estimate of drug-likeness (QED) is 0.807. The first-order valence-electron chi connectivity index (χ1n) is 5.45. The highest BCUT2D eigenvalue weighted by molar-refractivity contribution is 9.10.